The molecule has 0 radical (unpaired) electrons. The molecule has 29 heavy (non-hydrogen) atoms. The molecule has 1 fully saturated rings. The van der Waals surface area contributed by atoms with Crippen molar-refractivity contribution < 1.29 is 18.0 Å². The number of carbonyl (C=O) groups is 2. The first kappa shape index (κ1) is 19.5. The third-order valence-electron chi connectivity index (χ3n) is 4.92. The quantitative estimate of drug-likeness (QED) is 0.688. The highest BCUT2D eigenvalue weighted by Gasteiger charge is 2.35. The Kier molecular flexibility index (Phi) is 4.87. The van der Waals surface area contributed by atoms with Gasteiger partial charge in [-0.25, -0.2) is 13.4 Å². The van der Waals surface area contributed by atoms with Gasteiger partial charge in [-0.2, -0.15) is 0 Å². The van der Waals surface area contributed by atoms with Crippen molar-refractivity contribution >= 4 is 54.0 Å². The molecule has 2 heterocycles. The van der Waals surface area contributed by atoms with Gasteiger partial charge in [0.05, 0.1) is 21.0 Å². The minimum absolute atomic E-state index is 0.0819. The molecule has 4 rings (SSSR count). The number of thiazole rings is 1. The average molecular weight is 430 g/mol. The monoisotopic (exact) mass is 429 g/mol. The van der Waals surface area contributed by atoms with E-state index < -0.39 is 15.8 Å². The van der Waals surface area contributed by atoms with Crippen LogP contribution in [-0.4, -0.2) is 38.0 Å². The van der Waals surface area contributed by atoms with Gasteiger partial charge in [0, 0.05) is 24.9 Å². The summed E-state index contributed by atoms with van der Waals surface area (Å²) in [7, 11) is -3.31. The number of rotatable bonds is 4. The molecule has 1 aliphatic heterocycles. The fourth-order valence-corrected chi connectivity index (χ4v) is 5.01. The van der Waals surface area contributed by atoms with E-state index in [1.165, 1.54) is 17.4 Å². The van der Waals surface area contributed by atoms with E-state index in [1.807, 2.05) is 31.2 Å². The predicted octanol–water partition coefficient (Wildman–Crippen LogP) is 3.00. The van der Waals surface area contributed by atoms with Crippen molar-refractivity contribution in [3.63, 3.8) is 0 Å². The molecule has 1 saturated heterocycles. The van der Waals surface area contributed by atoms with Crippen LogP contribution in [0.2, 0.25) is 0 Å². The number of nitrogens with zero attached hydrogens (tertiary/aromatic N) is 2. The first-order chi connectivity index (χ1) is 13.7. The average Bonchev–Trinajstić information content (AvgIpc) is 3.23. The summed E-state index contributed by atoms with van der Waals surface area (Å²) in [6, 6.07) is 12.3. The smallest absolute Gasteiger partial charge is 0.231 e. The Bertz CT molecular complexity index is 1230. The van der Waals surface area contributed by atoms with Gasteiger partial charge in [0.2, 0.25) is 11.8 Å². The minimum atomic E-state index is -3.31. The topological polar surface area (TPSA) is 96.4 Å². The Labute approximate surface area is 172 Å². The van der Waals surface area contributed by atoms with Gasteiger partial charge in [0.15, 0.2) is 15.0 Å². The van der Waals surface area contributed by atoms with Crippen LogP contribution in [0.25, 0.3) is 10.2 Å². The molecular formula is C20H19N3O4S2. The fraction of sp³-hybridized carbons (Fsp3) is 0.250. The van der Waals surface area contributed by atoms with Crippen LogP contribution in [-0.2, 0) is 19.4 Å². The van der Waals surface area contributed by atoms with Crippen LogP contribution in [0.5, 0.6) is 0 Å². The Morgan fingerprint density at radius 3 is 2.72 bits per heavy atom. The Hall–Kier alpha value is -2.78. The van der Waals surface area contributed by atoms with Crippen molar-refractivity contribution in [3.05, 3.63) is 48.0 Å². The van der Waals surface area contributed by atoms with Gasteiger partial charge in [-0.3, -0.25) is 9.59 Å². The van der Waals surface area contributed by atoms with Crippen molar-refractivity contribution in [2.24, 2.45) is 5.92 Å². The van der Waals surface area contributed by atoms with E-state index in [1.54, 1.807) is 17.0 Å². The maximum absolute atomic E-state index is 12.7. The number of carbonyl (C=O) groups excluding carboxylic acids is 2. The lowest BCUT2D eigenvalue weighted by molar-refractivity contribution is -0.122. The molecule has 0 aliphatic carbocycles. The zero-order chi connectivity index (χ0) is 20.8. The lowest BCUT2D eigenvalue weighted by atomic mass is 10.1. The molecule has 9 heteroatoms. The maximum Gasteiger partial charge on any atom is 0.231 e. The van der Waals surface area contributed by atoms with Crippen LogP contribution in [0.4, 0.5) is 10.8 Å². The highest BCUT2D eigenvalue weighted by molar-refractivity contribution is 7.90. The summed E-state index contributed by atoms with van der Waals surface area (Å²) < 4.78 is 24.1. The number of amides is 2. The van der Waals surface area contributed by atoms with Crippen molar-refractivity contribution in [3.8, 4) is 0 Å². The van der Waals surface area contributed by atoms with E-state index in [0.29, 0.717) is 21.9 Å². The lowest BCUT2D eigenvalue weighted by Gasteiger charge is -2.18. The maximum atomic E-state index is 12.7. The van der Waals surface area contributed by atoms with Gasteiger partial charge in [-0.05, 0) is 36.8 Å². The van der Waals surface area contributed by atoms with Gasteiger partial charge in [0.25, 0.3) is 0 Å². The summed E-state index contributed by atoms with van der Waals surface area (Å²) in [6.45, 7) is 2.25. The Morgan fingerprint density at radius 1 is 1.24 bits per heavy atom. The second kappa shape index (κ2) is 7.23. The van der Waals surface area contributed by atoms with Gasteiger partial charge in [-0.1, -0.05) is 29.5 Å². The molecule has 7 nitrogen and oxygen atoms in total. The first-order valence-corrected chi connectivity index (χ1v) is 11.7. The normalized spacial score (nSPS) is 17.1. The molecule has 0 bridgehead atoms. The number of fused-ring (bicyclic) bond motifs is 1. The standard InChI is InChI=1S/C20H19N3O4S2/c1-12-5-3-4-6-16(12)23-11-13(9-18(23)24)19(25)22-20-21-15-8-7-14(29(2,26)27)10-17(15)28-20/h3-8,10,13H,9,11H2,1-2H3,(H,21,22,25). The molecule has 0 saturated carbocycles. The van der Waals surface area contributed by atoms with E-state index in [0.717, 1.165) is 17.5 Å². The number of benzene rings is 2. The molecule has 1 aromatic heterocycles. The molecular weight excluding hydrogens is 410 g/mol. The molecule has 0 spiro atoms. The van der Waals surface area contributed by atoms with Crippen LogP contribution in [0.3, 0.4) is 0 Å². The second-order valence-corrected chi connectivity index (χ2v) is 10.1. The third-order valence-corrected chi connectivity index (χ3v) is 6.96. The largest absolute Gasteiger partial charge is 0.311 e. The zero-order valence-corrected chi connectivity index (χ0v) is 17.5. The van der Waals surface area contributed by atoms with Gasteiger partial charge < -0.3 is 10.2 Å². The van der Waals surface area contributed by atoms with Gasteiger partial charge in [-0.15, -0.1) is 0 Å². The summed E-state index contributed by atoms with van der Waals surface area (Å²) in [5, 5.41) is 3.17. The van der Waals surface area contributed by atoms with Crippen LogP contribution in [0.15, 0.2) is 47.4 Å². The number of sulfone groups is 1. The van der Waals surface area contributed by atoms with Gasteiger partial charge >= 0.3 is 0 Å². The molecule has 2 aromatic carbocycles. The number of nitrogens with one attached hydrogen (secondary N) is 1. The molecule has 1 unspecified atom stereocenters. The number of anilines is 2. The highest BCUT2D eigenvalue weighted by atomic mass is 32.2. The van der Waals surface area contributed by atoms with E-state index in [4.69, 9.17) is 0 Å². The molecule has 1 N–H and O–H groups in total. The number of para-hydroxylation sites is 1. The SMILES string of the molecule is Cc1ccccc1N1CC(C(=O)Nc2nc3ccc(S(C)(=O)=O)cc3s2)CC1=O. The van der Waals surface area contributed by atoms with Gasteiger partial charge in [0.1, 0.15) is 0 Å². The van der Waals surface area contributed by atoms with Crippen LogP contribution < -0.4 is 10.2 Å². The minimum Gasteiger partial charge on any atom is -0.311 e. The molecule has 3 aromatic rings. The van der Waals surface area contributed by atoms with Crippen molar-refractivity contribution in [1.82, 2.24) is 4.98 Å². The Balaban J connectivity index is 1.51. The van der Waals surface area contributed by atoms with Crippen LogP contribution in [0.1, 0.15) is 12.0 Å². The second-order valence-electron chi connectivity index (χ2n) is 7.10. The summed E-state index contributed by atoms with van der Waals surface area (Å²) in [6.07, 6.45) is 1.29. The lowest BCUT2D eigenvalue weighted by Crippen LogP contribution is -2.28. The van der Waals surface area contributed by atoms with E-state index in [-0.39, 0.29) is 23.1 Å². The van der Waals surface area contributed by atoms with Crippen molar-refractivity contribution in [2.75, 3.05) is 23.0 Å². The van der Waals surface area contributed by atoms with Crippen LogP contribution >= 0.6 is 11.3 Å². The zero-order valence-electron chi connectivity index (χ0n) is 15.9. The molecule has 1 aliphatic rings. The number of aromatic nitrogens is 1. The first-order valence-electron chi connectivity index (χ1n) is 9.00. The van der Waals surface area contributed by atoms with E-state index in [2.05, 4.69) is 10.3 Å². The number of hydrogen-bond donors (Lipinski definition) is 1. The van der Waals surface area contributed by atoms with E-state index in [9.17, 15) is 18.0 Å². The molecule has 1 atom stereocenters. The summed E-state index contributed by atoms with van der Waals surface area (Å²) in [5.74, 6) is -0.820. The van der Waals surface area contributed by atoms with Crippen molar-refractivity contribution in [2.45, 2.75) is 18.2 Å². The third kappa shape index (κ3) is 3.88. The molecule has 150 valence electrons. The Morgan fingerprint density at radius 2 is 2.00 bits per heavy atom. The number of hydrogen-bond acceptors (Lipinski definition) is 6. The summed E-state index contributed by atoms with van der Waals surface area (Å²) in [5.41, 5.74) is 2.41. The van der Waals surface area contributed by atoms with E-state index >= 15 is 0 Å². The highest BCUT2D eigenvalue weighted by Crippen LogP contribution is 2.31. The molecule has 2 amide bonds. The van der Waals surface area contributed by atoms with Crippen LogP contribution in [0, 0.1) is 12.8 Å². The summed E-state index contributed by atoms with van der Waals surface area (Å²) >= 11 is 1.21. The fourth-order valence-electron chi connectivity index (χ4n) is 3.38. The number of aryl methyl sites for hydroxylation is 1. The summed E-state index contributed by atoms with van der Waals surface area (Å²) in [4.78, 5) is 31.4. The predicted molar refractivity (Wildman–Crippen MR) is 113 cm³/mol. The van der Waals surface area contributed by atoms with Crippen molar-refractivity contribution in [1.29, 1.82) is 0 Å².